The summed E-state index contributed by atoms with van der Waals surface area (Å²) in [6.45, 7) is 6.51. The molecular weight excluding hydrogens is 853 g/mol. The largest absolute Gasteiger partial charge is 0.462 e. The summed E-state index contributed by atoms with van der Waals surface area (Å²) in [7, 11) is 0. The summed E-state index contributed by atoms with van der Waals surface area (Å²) in [5, 5.41) is 0. The van der Waals surface area contributed by atoms with Gasteiger partial charge in [-0.1, -0.05) is 254 Å². The fourth-order valence-corrected chi connectivity index (χ4v) is 8.29. The minimum Gasteiger partial charge on any atom is -0.462 e. The molecule has 0 saturated heterocycles. The SMILES string of the molecule is CC/C=C\C/C=C\C/C=C\C/C=C\C/C=C\CCCCCC(=O)OCC(COC(=O)CCCCCCCCC/C=C\CCCCCC)OC(=O)CCCCCCCCCCCCCCCCCCC. The van der Waals surface area contributed by atoms with Crippen LogP contribution in [0.1, 0.15) is 290 Å². The lowest BCUT2D eigenvalue weighted by atomic mass is 10.0. The Morgan fingerprint density at radius 1 is 0.304 bits per heavy atom. The molecule has 0 amide bonds. The maximum Gasteiger partial charge on any atom is 0.306 e. The molecule has 0 saturated carbocycles. The third kappa shape index (κ3) is 55.6. The van der Waals surface area contributed by atoms with Crippen molar-refractivity contribution in [1.29, 1.82) is 0 Å². The molecule has 0 aliphatic heterocycles. The van der Waals surface area contributed by atoms with E-state index in [2.05, 4.69) is 93.7 Å². The van der Waals surface area contributed by atoms with Gasteiger partial charge in [0, 0.05) is 19.3 Å². The molecule has 398 valence electrons. The molecule has 0 aliphatic carbocycles. The summed E-state index contributed by atoms with van der Waals surface area (Å²) in [6, 6.07) is 0. The Morgan fingerprint density at radius 3 is 0.928 bits per heavy atom. The molecule has 0 aromatic carbocycles. The third-order valence-electron chi connectivity index (χ3n) is 12.7. The molecule has 0 heterocycles. The molecule has 0 aliphatic rings. The van der Waals surface area contributed by atoms with E-state index in [1.807, 2.05) is 0 Å². The van der Waals surface area contributed by atoms with Gasteiger partial charge in [0.25, 0.3) is 0 Å². The van der Waals surface area contributed by atoms with Crippen LogP contribution in [0.2, 0.25) is 0 Å². The normalized spacial score (nSPS) is 12.6. The van der Waals surface area contributed by atoms with Crippen LogP contribution in [-0.2, 0) is 28.6 Å². The predicted octanol–water partition coefficient (Wildman–Crippen LogP) is 19.8. The number of ether oxygens (including phenoxy) is 3. The van der Waals surface area contributed by atoms with E-state index in [1.54, 1.807) is 0 Å². The molecule has 0 aromatic rings. The van der Waals surface area contributed by atoms with Crippen molar-refractivity contribution in [2.24, 2.45) is 0 Å². The van der Waals surface area contributed by atoms with Crippen LogP contribution in [0.5, 0.6) is 0 Å². The summed E-state index contributed by atoms with van der Waals surface area (Å²) in [6.07, 6.45) is 73.2. The van der Waals surface area contributed by atoms with Crippen molar-refractivity contribution < 1.29 is 28.6 Å². The monoisotopic (exact) mass is 963 g/mol. The van der Waals surface area contributed by atoms with Crippen LogP contribution in [0.3, 0.4) is 0 Å². The first-order valence-corrected chi connectivity index (χ1v) is 29.4. The maximum atomic E-state index is 12.9. The summed E-state index contributed by atoms with van der Waals surface area (Å²) >= 11 is 0. The average Bonchev–Trinajstić information content (AvgIpc) is 3.35. The van der Waals surface area contributed by atoms with E-state index in [4.69, 9.17) is 14.2 Å². The van der Waals surface area contributed by atoms with Gasteiger partial charge in [-0.15, -0.1) is 0 Å². The molecule has 0 radical (unpaired) electrons. The van der Waals surface area contributed by atoms with Crippen molar-refractivity contribution in [1.82, 2.24) is 0 Å². The summed E-state index contributed by atoms with van der Waals surface area (Å²) in [5.74, 6) is -0.911. The molecule has 6 heteroatoms. The van der Waals surface area contributed by atoms with Crippen LogP contribution in [0.25, 0.3) is 0 Å². The summed E-state index contributed by atoms with van der Waals surface area (Å²) in [5.41, 5.74) is 0. The topological polar surface area (TPSA) is 78.9 Å². The Hall–Kier alpha value is -3.15. The van der Waals surface area contributed by atoms with Crippen molar-refractivity contribution in [3.8, 4) is 0 Å². The molecule has 0 fully saturated rings. The molecule has 1 atom stereocenters. The number of carbonyl (C=O) groups excluding carboxylic acids is 3. The van der Waals surface area contributed by atoms with Gasteiger partial charge in [-0.2, -0.15) is 0 Å². The minimum atomic E-state index is -0.789. The maximum absolute atomic E-state index is 12.9. The highest BCUT2D eigenvalue weighted by Crippen LogP contribution is 2.16. The number of rotatable bonds is 53. The van der Waals surface area contributed by atoms with Crippen molar-refractivity contribution in [2.45, 2.75) is 297 Å². The lowest BCUT2D eigenvalue weighted by Crippen LogP contribution is -2.30. The van der Waals surface area contributed by atoms with E-state index >= 15 is 0 Å². The standard InChI is InChI=1S/C63H110O6/c1-4-7-10-13-16-19-22-25-28-30-31-33-35-38-41-44-47-50-53-56-62(65)68-59-60(58-67-61(64)55-52-49-46-43-40-37-34-27-24-21-18-15-12-9-6-3)69-63(66)57-54-51-48-45-42-39-36-32-29-26-23-20-17-14-11-8-5-2/h7,10,16,19,21,24-25,28,31,33,38,41,60H,4-6,8-9,11-15,17-18,20,22-23,26-27,29-30,32,34-37,39-40,42-59H2,1-3H3/b10-7-,19-16-,24-21-,28-25-,33-31-,41-38-. The predicted molar refractivity (Wildman–Crippen MR) is 298 cm³/mol. The summed E-state index contributed by atoms with van der Waals surface area (Å²) < 4.78 is 16.9. The molecule has 1 unspecified atom stereocenters. The minimum absolute atomic E-state index is 0.0860. The average molecular weight is 964 g/mol. The van der Waals surface area contributed by atoms with Crippen molar-refractivity contribution >= 4 is 17.9 Å². The second-order valence-electron chi connectivity index (χ2n) is 19.5. The van der Waals surface area contributed by atoms with E-state index in [0.29, 0.717) is 19.3 Å². The van der Waals surface area contributed by atoms with Crippen molar-refractivity contribution in [3.05, 3.63) is 72.9 Å². The fourth-order valence-electron chi connectivity index (χ4n) is 8.29. The molecule has 0 bridgehead atoms. The van der Waals surface area contributed by atoms with Crippen molar-refractivity contribution in [2.75, 3.05) is 13.2 Å². The second-order valence-corrected chi connectivity index (χ2v) is 19.5. The molecular formula is C63H110O6. The fraction of sp³-hybridized carbons (Fsp3) is 0.762. The number of esters is 3. The van der Waals surface area contributed by atoms with E-state index in [9.17, 15) is 14.4 Å². The quantitative estimate of drug-likeness (QED) is 0.0262. The Bertz CT molecular complexity index is 1290. The molecule has 0 aromatic heterocycles. The Labute approximate surface area is 427 Å². The zero-order valence-corrected chi connectivity index (χ0v) is 45.6. The van der Waals surface area contributed by atoms with Crippen LogP contribution in [0.15, 0.2) is 72.9 Å². The summed E-state index contributed by atoms with van der Waals surface area (Å²) in [4.78, 5) is 38.2. The number of allylic oxidation sites excluding steroid dienone is 12. The Balaban J connectivity index is 4.42. The van der Waals surface area contributed by atoms with Crippen LogP contribution >= 0.6 is 0 Å². The second kappa shape index (κ2) is 57.4. The van der Waals surface area contributed by atoms with E-state index in [-0.39, 0.29) is 31.1 Å². The lowest BCUT2D eigenvalue weighted by Gasteiger charge is -2.18. The van der Waals surface area contributed by atoms with Gasteiger partial charge in [-0.05, 0) is 89.9 Å². The highest BCUT2D eigenvalue weighted by molar-refractivity contribution is 5.71. The van der Waals surface area contributed by atoms with Gasteiger partial charge in [0.2, 0.25) is 0 Å². The van der Waals surface area contributed by atoms with E-state index < -0.39 is 6.10 Å². The molecule has 0 spiro atoms. The molecule has 69 heavy (non-hydrogen) atoms. The van der Waals surface area contributed by atoms with Gasteiger partial charge in [0.1, 0.15) is 13.2 Å². The van der Waals surface area contributed by atoms with Crippen LogP contribution in [-0.4, -0.2) is 37.2 Å². The van der Waals surface area contributed by atoms with Crippen molar-refractivity contribution in [3.63, 3.8) is 0 Å². The van der Waals surface area contributed by atoms with Gasteiger partial charge in [-0.3, -0.25) is 14.4 Å². The van der Waals surface area contributed by atoms with Gasteiger partial charge in [-0.25, -0.2) is 0 Å². The smallest absolute Gasteiger partial charge is 0.306 e. The highest BCUT2D eigenvalue weighted by atomic mass is 16.6. The number of carbonyl (C=O) groups is 3. The molecule has 0 N–H and O–H groups in total. The number of unbranched alkanes of at least 4 members (excludes halogenated alkanes) is 30. The molecule has 0 rings (SSSR count). The first-order valence-electron chi connectivity index (χ1n) is 29.4. The van der Waals surface area contributed by atoms with Gasteiger partial charge in [0.05, 0.1) is 0 Å². The third-order valence-corrected chi connectivity index (χ3v) is 12.7. The van der Waals surface area contributed by atoms with E-state index in [1.165, 1.54) is 154 Å². The zero-order valence-electron chi connectivity index (χ0n) is 45.6. The number of hydrogen-bond donors (Lipinski definition) is 0. The van der Waals surface area contributed by atoms with Crippen LogP contribution in [0, 0.1) is 0 Å². The van der Waals surface area contributed by atoms with Crippen LogP contribution < -0.4 is 0 Å². The van der Waals surface area contributed by atoms with Gasteiger partial charge in [0.15, 0.2) is 6.10 Å². The first-order chi connectivity index (χ1) is 34.0. The Morgan fingerprint density at radius 2 is 0.565 bits per heavy atom. The van der Waals surface area contributed by atoms with E-state index in [0.717, 1.165) is 96.3 Å². The van der Waals surface area contributed by atoms with Crippen LogP contribution in [0.4, 0.5) is 0 Å². The highest BCUT2D eigenvalue weighted by Gasteiger charge is 2.19. The van der Waals surface area contributed by atoms with Gasteiger partial charge >= 0.3 is 17.9 Å². The lowest BCUT2D eigenvalue weighted by molar-refractivity contribution is -0.167. The van der Waals surface area contributed by atoms with Gasteiger partial charge < -0.3 is 14.2 Å². The number of hydrogen-bond acceptors (Lipinski definition) is 6. The first kappa shape index (κ1) is 65.8. The molecule has 6 nitrogen and oxygen atoms in total. The Kier molecular flexibility index (Phi) is 54.8. The zero-order chi connectivity index (χ0) is 50.0.